The molecule has 0 saturated heterocycles. The fraction of sp³-hybridized carbons (Fsp3) is 0.231. The Bertz CT molecular complexity index is 883. The maximum Gasteiger partial charge on any atom is 0.306 e. The molecule has 0 spiro atoms. The van der Waals surface area contributed by atoms with E-state index in [0.717, 1.165) is 17.3 Å². The molecule has 0 aliphatic rings. The van der Waals surface area contributed by atoms with E-state index in [9.17, 15) is 14.9 Å². The topological polar surface area (TPSA) is 132 Å². The Kier molecular flexibility index (Phi) is 3.71. The van der Waals surface area contributed by atoms with E-state index < -0.39 is 4.92 Å². The van der Waals surface area contributed by atoms with Gasteiger partial charge in [-0.3, -0.25) is 24.7 Å². The molecule has 10 heteroatoms. The van der Waals surface area contributed by atoms with Gasteiger partial charge in [0.2, 0.25) is 5.91 Å². The quantitative estimate of drug-likeness (QED) is 0.540. The summed E-state index contributed by atoms with van der Waals surface area (Å²) in [6.45, 7) is 2.12. The van der Waals surface area contributed by atoms with Crippen molar-refractivity contribution in [2.24, 2.45) is 0 Å². The van der Waals surface area contributed by atoms with E-state index in [1.54, 1.807) is 6.07 Å². The molecular weight excluding hydrogens is 302 g/mol. The van der Waals surface area contributed by atoms with Crippen molar-refractivity contribution in [2.75, 3.05) is 5.32 Å². The number of nitrogens with one attached hydrogen (secondary N) is 2. The molecule has 3 heterocycles. The second-order valence-corrected chi connectivity index (χ2v) is 4.96. The lowest BCUT2D eigenvalue weighted by atomic mass is 10.2. The zero-order valence-electron chi connectivity index (χ0n) is 12.2. The molecule has 0 unspecified atom stereocenters. The van der Waals surface area contributed by atoms with Crippen molar-refractivity contribution in [1.29, 1.82) is 0 Å². The number of aromatic amines is 1. The summed E-state index contributed by atoms with van der Waals surface area (Å²) in [6, 6.07) is 1.79. The van der Waals surface area contributed by atoms with Crippen LogP contribution in [0.1, 0.15) is 12.1 Å². The lowest BCUT2D eigenvalue weighted by Crippen LogP contribution is -2.14. The minimum absolute atomic E-state index is 0.101. The van der Waals surface area contributed by atoms with Gasteiger partial charge in [-0.05, 0) is 13.0 Å². The molecule has 3 aromatic heterocycles. The Morgan fingerprint density at radius 1 is 1.48 bits per heavy atom. The minimum atomic E-state index is -0.530. The third kappa shape index (κ3) is 3.15. The van der Waals surface area contributed by atoms with Gasteiger partial charge in [0.05, 0.1) is 16.8 Å². The number of carbonyl (C=O) groups is 1. The number of hydrogen-bond donors (Lipinski definition) is 2. The largest absolute Gasteiger partial charge is 0.325 e. The average molecular weight is 315 g/mol. The van der Waals surface area contributed by atoms with E-state index in [1.165, 1.54) is 17.1 Å². The standard InChI is InChI=1S/C13H13N7O3/c1-8-11-4-9(5-14-13(11)18-17-8)16-12(21)2-3-19-7-10(6-15-19)20(22)23/h4-7H,2-3H2,1H3,(H,16,21)(H,14,17,18). The van der Waals surface area contributed by atoms with Crippen LogP contribution in [0.3, 0.4) is 0 Å². The van der Waals surface area contributed by atoms with Crippen LogP contribution < -0.4 is 5.32 Å². The fourth-order valence-corrected chi connectivity index (χ4v) is 2.10. The van der Waals surface area contributed by atoms with Crippen molar-refractivity contribution < 1.29 is 9.72 Å². The van der Waals surface area contributed by atoms with E-state index in [2.05, 4.69) is 25.6 Å². The van der Waals surface area contributed by atoms with Crippen molar-refractivity contribution in [3.8, 4) is 0 Å². The molecule has 1 amide bonds. The van der Waals surface area contributed by atoms with Gasteiger partial charge in [0.25, 0.3) is 0 Å². The van der Waals surface area contributed by atoms with E-state index >= 15 is 0 Å². The van der Waals surface area contributed by atoms with Gasteiger partial charge in [-0.1, -0.05) is 0 Å². The first-order valence-electron chi connectivity index (χ1n) is 6.80. The molecule has 23 heavy (non-hydrogen) atoms. The van der Waals surface area contributed by atoms with Crippen LogP contribution in [0, 0.1) is 17.0 Å². The number of carbonyl (C=O) groups excluding carboxylic acids is 1. The van der Waals surface area contributed by atoms with Gasteiger partial charge in [0.1, 0.15) is 12.4 Å². The highest BCUT2D eigenvalue weighted by atomic mass is 16.6. The summed E-state index contributed by atoms with van der Waals surface area (Å²) in [6.07, 6.45) is 4.10. The summed E-state index contributed by atoms with van der Waals surface area (Å²) >= 11 is 0. The van der Waals surface area contributed by atoms with Crippen LogP contribution in [0.15, 0.2) is 24.7 Å². The Labute approximate surface area is 129 Å². The normalized spacial score (nSPS) is 10.8. The molecular formula is C13H13N7O3. The highest BCUT2D eigenvalue weighted by molar-refractivity contribution is 5.92. The van der Waals surface area contributed by atoms with Gasteiger partial charge in [0.15, 0.2) is 5.65 Å². The Morgan fingerprint density at radius 2 is 2.30 bits per heavy atom. The fourth-order valence-electron chi connectivity index (χ4n) is 2.10. The Hall–Kier alpha value is -3.30. The van der Waals surface area contributed by atoms with Crippen LogP contribution in [0.25, 0.3) is 11.0 Å². The average Bonchev–Trinajstić information content (AvgIpc) is 3.13. The molecule has 0 aromatic carbocycles. The summed E-state index contributed by atoms with van der Waals surface area (Å²) in [5.74, 6) is -0.231. The summed E-state index contributed by atoms with van der Waals surface area (Å²) in [5, 5.41) is 24.8. The number of fused-ring (bicyclic) bond motifs is 1. The van der Waals surface area contributed by atoms with Crippen molar-refractivity contribution >= 4 is 28.3 Å². The molecule has 118 valence electrons. The summed E-state index contributed by atoms with van der Waals surface area (Å²) in [5.41, 5.74) is 1.92. The van der Waals surface area contributed by atoms with Crippen molar-refractivity contribution in [3.05, 3.63) is 40.5 Å². The van der Waals surface area contributed by atoms with E-state index in [4.69, 9.17) is 0 Å². The lowest BCUT2D eigenvalue weighted by Gasteiger charge is -2.05. The van der Waals surface area contributed by atoms with Gasteiger partial charge in [-0.15, -0.1) is 0 Å². The lowest BCUT2D eigenvalue weighted by molar-refractivity contribution is -0.385. The predicted molar refractivity (Wildman–Crippen MR) is 80.8 cm³/mol. The van der Waals surface area contributed by atoms with Crippen LogP contribution in [0.2, 0.25) is 0 Å². The monoisotopic (exact) mass is 315 g/mol. The van der Waals surface area contributed by atoms with Gasteiger partial charge in [0, 0.05) is 24.0 Å². The molecule has 0 saturated carbocycles. The van der Waals surface area contributed by atoms with Gasteiger partial charge in [-0.2, -0.15) is 10.2 Å². The first-order chi connectivity index (χ1) is 11.0. The van der Waals surface area contributed by atoms with E-state index in [0.29, 0.717) is 11.3 Å². The smallest absolute Gasteiger partial charge is 0.306 e. The highest BCUT2D eigenvalue weighted by Gasteiger charge is 2.11. The number of aromatic nitrogens is 5. The number of H-pyrrole nitrogens is 1. The van der Waals surface area contributed by atoms with Gasteiger partial charge < -0.3 is 5.32 Å². The first kappa shape index (κ1) is 14.6. The summed E-state index contributed by atoms with van der Waals surface area (Å²) in [7, 11) is 0. The molecule has 3 aromatic rings. The number of rotatable bonds is 5. The highest BCUT2D eigenvalue weighted by Crippen LogP contribution is 2.17. The van der Waals surface area contributed by atoms with Crippen LogP contribution in [0.4, 0.5) is 11.4 Å². The number of nitrogens with zero attached hydrogens (tertiary/aromatic N) is 5. The van der Waals surface area contributed by atoms with Crippen LogP contribution in [-0.4, -0.2) is 35.8 Å². The van der Waals surface area contributed by atoms with Gasteiger partial charge in [-0.25, -0.2) is 4.98 Å². The zero-order valence-corrected chi connectivity index (χ0v) is 12.2. The van der Waals surface area contributed by atoms with Crippen LogP contribution in [-0.2, 0) is 11.3 Å². The first-order valence-corrected chi connectivity index (χ1v) is 6.80. The second kappa shape index (κ2) is 5.83. The maximum atomic E-state index is 11.9. The van der Waals surface area contributed by atoms with E-state index in [-0.39, 0.29) is 24.6 Å². The molecule has 0 atom stereocenters. The van der Waals surface area contributed by atoms with Gasteiger partial charge >= 0.3 is 5.69 Å². The molecule has 0 aliphatic heterocycles. The third-order valence-corrected chi connectivity index (χ3v) is 3.28. The maximum absolute atomic E-state index is 11.9. The third-order valence-electron chi connectivity index (χ3n) is 3.28. The number of anilines is 1. The molecule has 2 N–H and O–H groups in total. The van der Waals surface area contributed by atoms with Crippen LogP contribution in [0.5, 0.6) is 0 Å². The second-order valence-electron chi connectivity index (χ2n) is 4.96. The Morgan fingerprint density at radius 3 is 3.04 bits per heavy atom. The summed E-state index contributed by atoms with van der Waals surface area (Å²) in [4.78, 5) is 26.1. The van der Waals surface area contributed by atoms with E-state index in [1.807, 2.05) is 6.92 Å². The zero-order chi connectivity index (χ0) is 16.4. The number of aryl methyl sites for hydroxylation is 2. The predicted octanol–water partition coefficient (Wildman–Crippen LogP) is 1.40. The van der Waals surface area contributed by atoms with Crippen molar-refractivity contribution in [1.82, 2.24) is 25.0 Å². The molecule has 0 aliphatic carbocycles. The number of pyridine rings is 1. The van der Waals surface area contributed by atoms with Crippen molar-refractivity contribution in [3.63, 3.8) is 0 Å². The number of nitro groups is 1. The van der Waals surface area contributed by atoms with Crippen LogP contribution >= 0.6 is 0 Å². The number of hydrogen-bond acceptors (Lipinski definition) is 6. The molecule has 0 fully saturated rings. The molecule has 0 radical (unpaired) electrons. The minimum Gasteiger partial charge on any atom is -0.325 e. The molecule has 0 bridgehead atoms. The SMILES string of the molecule is Cc1[nH]nc2ncc(NC(=O)CCn3cc([N+](=O)[O-])cn3)cc12. The Balaban J connectivity index is 1.61. The number of amides is 1. The molecule has 10 nitrogen and oxygen atoms in total. The summed E-state index contributed by atoms with van der Waals surface area (Å²) < 4.78 is 1.36. The molecule has 3 rings (SSSR count). The van der Waals surface area contributed by atoms with Crippen molar-refractivity contribution in [2.45, 2.75) is 19.9 Å².